The van der Waals surface area contributed by atoms with Crippen molar-refractivity contribution < 1.29 is 0 Å². The maximum Gasteiger partial charge on any atom is 0.0606 e. The van der Waals surface area contributed by atoms with Crippen molar-refractivity contribution in [1.29, 1.82) is 0 Å². The minimum atomic E-state index is 0.168. The van der Waals surface area contributed by atoms with E-state index in [1.807, 2.05) is 24.0 Å². The molecule has 0 atom stereocenters. The third-order valence-electron chi connectivity index (χ3n) is 2.15. The molecule has 1 aromatic heterocycles. The molecule has 0 unspecified atom stereocenters. The highest BCUT2D eigenvalue weighted by molar-refractivity contribution is 5.48. The van der Waals surface area contributed by atoms with Crippen LogP contribution in [-0.2, 0) is 7.05 Å². The number of hydrogen-bond acceptors (Lipinski definition) is 2. The highest BCUT2D eigenvalue weighted by Gasteiger charge is 2.07. The second-order valence-corrected chi connectivity index (χ2v) is 4.97. The number of hydrogen-bond donors (Lipinski definition) is 1. The van der Waals surface area contributed by atoms with Gasteiger partial charge in [-0.05, 0) is 39.8 Å². The van der Waals surface area contributed by atoms with E-state index < -0.39 is 0 Å². The second-order valence-electron chi connectivity index (χ2n) is 4.97. The zero-order valence-corrected chi connectivity index (χ0v) is 10.3. The number of nitrogens with one attached hydrogen (secondary N) is 1. The Bertz CT molecular complexity index is 342. The van der Waals surface area contributed by atoms with Crippen LogP contribution in [0, 0.1) is 0 Å². The van der Waals surface area contributed by atoms with Crippen molar-refractivity contribution in [3.63, 3.8) is 0 Å². The van der Waals surface area contributed by atoms with Crippen molar-refractivity contribution in [3.8, 4) is 0 Å². The largest absolute Gasteiger partial charge is 0.308 e. The van der Waals surface area contributed by atoms with Gasteiger partial charge in [-0.3, -0.25) is 4.68 Å². The van der Waals surface area contributed by atoms with Crippen LogP contribution in [0.5, 0.6) is 0 Å². The molecule has 3 heteroatoms. The summed E-state index contributed by atoms with van der Waals surface area (Å²) in [5.74, 6) is 0. The second kappa shape index (κ2) is 4.62. The van der Waals surface area contributed by atoms with E-state index in [1.54, 1.807) is 0 Å². The van der Waals surface area contributed by atoms with E-state index in [4.69, 9.17) is 0 Å². The Labute approximate surface area is 92.2 Å². The lowest BCUT2D eigenvalue weighted by Crippen LogP contribution is -2.36. The molecule has 0 aliphatic rings. The van der Waals surface area contributed by atoms with Gasteiger partial charge in [-0.1, -0.05) is 5.57 Å². The van der Waals surface area contributed by atoms with Gasteiger partial charge in [0.1, 0.15) is 0 Å². The van der Waals surface area contributed by atoms with Crippen molar-refractivity contribution in [3.05, 3.63) is 23.5 Å². The van der Waals surface area contributed by atoms with Gasteiger partial charge in [0.25, 0.3) is 0 Å². The molecule has 0 aliphatic carbocycles. The Balaban J connectivity index is 2.58. The van der Waals surface area contributed by atoms with Crippen LogP contribution in [0.1, 0.15) is 33.4 Å². The molecule has 1 heterocycles. The summed E-state index contributed by atoms with van der Waals surface area (Å²) in [5.41, 5.74) is 2.62. The molecule has 1 aromatic rings. The Morgan fingerprint density at radius 1 is 1.53 bits per heavy atom. The predicted molar refractivity (Wildman–Crippen MR) is 64.6 cm³/mol. The van der Waals surface area contributed by atoms with Crippen molar-refractivity contribution in [2.45, 2.75) is 33.2 Å². The third kappa shape index (κ3) is 4.30. The van der Waals surface area contributed by atoms with Gasteiger partial charge in [0, 0.05) is 25.3 Å². The fourth-order valence-electron chi connectivity index (χ4n) is 1.23. The number of aryl methyl sites for hydroxylation is 1. The molecule has 0 radical (unpaired) electrons. The first-order valence-corrected chi connectivity index (χ1v) is 5.29. The lowest BCUT2D eigenvalue weighted by molar-refractivity contribution is 0.445. The van der Waals surface area contributed by atoms with Crippen LogP contribution in [0.15, 0.2) is 17.8 Å². The van der Waals surface area contributed by atoms with E-state index in [0.717, 1.165) is 12.2 Å². The Kier molecular flexibility index (Phi) is 3.69. The minimum absolute atomic E-state index is 0.168. The lowest BCUT2D eigenvalue weighted by atomic mass is 10.1. The predicted octanol–water partition coefficient (Wildman–Crippen LogP) is 2.21. The monoisotopic (exact) mass is 207 g/mol. The molecule has 0 bridgehead atoms. The first-order chi connectivity index (χ1) is 6.88. The fraction of sp³-hybridized carbons (Fsp3) is 0.583. The Morgan fingerprint density at radius 2 is 2.20 bits per heavy atom. The van der Waals surface area contributed by atoms with E-state index in [0.29, 0.717) is 0 Å². The molecule has 84 valence electrons. The van der Waals surface area contributed by atoms with E-state index >= 15 is 0 Å². The summed E-state index contributed by atoms with van der Waals surface area (Å²) >= 11 is 0. The van der Waals surface area contributed by atoms with Crippen LogP contribution >= 0.6 is 0 Å². The van der Waals surface area contributed by atoms with Crippen LogP contribution in [-0.4, -0.2) is 21.9 Å². The fourth-order valence-corrected chi connectivity index (χ4v) is 1.23. The summed E-state index contributed by atoms with van der Waals surface area (Å²) in [4.78, 5) is 0. The topological polar surface area (TPSA) is 29.9 Å². The lowest BCUT2D eigenvalue weighted by Gasteiger charge is -2.20. The normalized spacial score (nSPS) is 13.3. The molecule has 0 fully saturated rings. The van der Waals surface area contributed by atoms with Gasteiger partial charge in [-0.2, -0.15) is 5.10 Å². The molecular weight excluding hydrogens is 186 g/mol. The van der Waals surface area contributed by atoms with Crippen molar-refractivity contribution >= 4 is 6.08 Å². The maximum atomic E-state index is 4.13. The summed E-state index contributed by atoms with van der Waals surface area (Å²) in [7, 11) is 1.95. The molecule has 3 nitrogen and oxygen atoms in total. The minimum Gasteiger partial charge on any atom is -0.308 e. The standard InChI is InChI=1S/C12H21N3/c1-10(9-13-12(2,3)4)8-11-6-7-14-15(11)5/h6-8,13H,9H2,1-5H3. The average Bonchev–Trinajstić information content (AvgIpc) is 2.47. The molecule has 1 N–H and O–H groups in total. The summed E-state index contributed by atoms with van der Waals surface area (Å²) in [6.45, 7) is 9.56. The van der Waals surface area contributed by atoms with Gasteiger partial charge >= 0.3 is 0 Å². The zero-order valence-electron chi connectivity index (χ0n) is 10.3. The summed E-state index contributed by atoms with van der Waals surface area (Å²) in [6.07, 6.45) is 3.97. The quantitative estimate of drug-likeness (QED) is 0.823. The van der Waals surface area contributed by atoms with E-state index in [1.165, 1.54) is 5.57 Å². The highest BCUT2D eigenvalue weighted by Crippen LogP contribution is 2.06. The van der Waals surface area contributed by atoms with Crippen LogP contribution < -0.4 is 5.32 Å². The van der Waals surface area contributed by atoms with Gasteiger partial charge in [-0.15, -0.1) is 0 Å². The molecule has 0 aliphatic heterocycles. The van der Waals surface area contributed by atoms with Crippen molar-refractivity contribution in [1.82, 2.24) is 15.1 Å². The molecule has 1 rings (SSSR count). The molecule has 0 saturated carbocycles. The summed E-state index contributed by atoms with van der Waals surface area (Å²) in [5, 5.41) is 7.59. The first kappa shape index (κ1) is 12.0. The van der Waals surface area contributed by atoms with Crippen LogP contribution in [0.4, 0.5) is 0 Å². The molecule has 0 aromatic carbocycles. The van der Waals surface area contributed by atoms with Gasteiger partial charge in [0.2, 0.25) is 0 Å². The van der Waals surface area contributed by atoms with Gasteiger partial charge in [0.15, 0.2) is 0 Å². The van der Waals surface area contributed by atoms with E-state index in [9.17, 15) is 0 Å². The van der Waals surface area contributed by atoms with Crippen molar-refractivity contribution in [2.24, 2.45) is 7.05 Å². The third-order valence-corrected chi connectivity index (χ3v) is 2.15. The van der Waals surface area contributed by atoms with Gasteiger partial charge in [-0.25, -0.2) is 0 Å². The number of nitrogens with zero attached hydrogens (tertiary/aromatic N) is 2. The zero-order chi connectivity index (χ0) is 11.5. The van der Waals surface area contributed by atoms with Gasteiger partial charge < -0.3 is 5.32 Å². The number of aromatic nitrogens is 2. The maximum absolute atomic E-state index is 4.13. The highest BCUT2D eigenvalue weighted by atomic mass is 15.2. The van der Waals surface area contributed by atoms with Crippen molar-refractivity contribution in [2.75, 3.05) is 6.54 Å². The Morgan fingerprint density at radius 3 is 2.67 bits per heavy atom. The van der Waals surface area contributed by atoms with Crippen LogP contribution in [0.2, 0.25) is 0 Å². The Hall–Kier alpha value is -1.09. The van der Waals surface area contributed by atoms with E-state index in [2.05, 4.69) is 44.2 Å². The molecule has 0 amide bonds. The molecule has 0 saturated heterocycles. The summed E-state index contributed by atoms with van der Waals surface area (Å²) in [6, 6.07) is 2.01. The van der Waals surface area contributed by atoms with Gasteiger partial charge in [0.05, 0.1) is 5.69 Å². The first-order valence-electron chi connectivity index (χ1n) is 5.29. The van der Waals surface area contributed by atoms with E-state index in [-0.39, 0.29) is 5.54 Å². The summed E-state index contributed by atoms with van der Waals surface area (Å²) < 4.78 is 1.88. The van der Waals surface area contributed by atoms with Crippen LogP contribution in [0.25, 0.3) is 6.08 Å². The molecular formula is C12H21N3. The van der Waals surface area contributed by atoms with Crippen LogP contribution in [0.3, 0.4) is 0 Å². The average molecular weight is 207 g/mol. The molecule has 15 heavy (non-hydrogen) atoms. The SMILES string of the molecule is CC(=Cc1ccnn1C)CNC(C)(C)C. The number of rotatable bonds is 3. The smallest absolute Gasteiger partial charge is 0.0606 e. The molecule has 0 spiro atoms.